The lowest BCUT2D eigenvalue weighted by Gasteiger charge is -2.13. The van der Waals surface area contributed by atoms with Crippen LogP contribution in [0.3, 0.4) is 0 Å². The Hall–Kier alpha value is -5.82. The monoisotopic (exact) mass is 776 g/mol. The van der Waals surface area contributed by atoms with Gasteiger partial charge in [0.25, 0.3) is 32.1 Å². The van der Waals surface area contributed by atoms with Crippen molar-refractivity contribution in [1.82, 2.24) is 0 Å². The number of hydrogen-bond donors (Lipinski definition) is 4. The third-order valence-electron chi connectivity index (χ3n) is 7.90. The molecule has 0 bridgehead atoms. The zero-order valence-corrected chi connectivity index (χ0v) is 31.5. The molecule has 0 radical (unpaired) electrons. The molecule has 2 amide bonds. The van der Waals surface area contributed by atoms with Gasteiger partial charge in [-0.05, 0) is 89.1 Å². The maximum Gasteiger partial charge on any atom is 0.295 e. The Kier molecular flexibility index (Phi) is 12.5. The second-order valence-corrected chi connectivity index (χ2v) is 15.2. The highest BCUT2D eigenvalue weighted by atomic mass is 32.2. The van der Waals surface area contributed by atoms with Gasteiger partial charge in [0.1, 0.15) is 9.79 Å². The summed E-state index contributed by atoms with van der Waals surface area (Å²) in [6.45, 7) is 9.48. The van der Waals surface area contributed by atoms with Crippen molar-refractivity contribution >= 4 is 66.4 Å². The summed E-state index contributed by atoms with van der Waals surface area (Å²) in [6, 6.07) is 13.3. The van der Waals surface area contributed by atoms with Crippen molar-refractivity contribution in [1.29, 1.82) is 0 Å². The molecule has 4 aromatic carbocycles. The second-order valence-electron chi connectivity index (χ2n) is 12.4. The molecule has 0 heterocycles. The molecule has 0 aromatic heterocycles. The number of amides is 2. The summed E-state index contributed by atoms with van der Waals surface area (Å²) in [5.74, 6) is -2.98. The van der Waals surface area contributed by atoms with E-state index in [1.807, 2.05) is 26.0 Å². The van der Waals surface area contributed by atoms with Gasteiger partial charge in [-0.2, -0.15) is 37.3 Å². The molecule has 0 aliphatic rings. The van der Waals surface area contributed by atoms with Gasteiger partial charge in [0.05, 0.1) is 11.4 Å². The number of carbonyl (C=O) groups is 4. The van der Waals surface area contributed by atoms with Gasteiger partial charge in [0.2, 0.25) is 12.1 Å². The van der Waals surface area contributed by atoms with Crippen molar-refractivity contribution in [2.45, 2.75) is 63.4 Å². The van der Waals surface area contributed by atoms with E-state index in [2.05, 4.69) is 31.1 Å². The van der Waals surface area contributed by atoms with E-state index >= 15 is 0 Å². The highest BCUT2D eigenvalue weighted by Gasteiger charge is 2.27. The van der Waals surface area contributed by atoms with E-state index < -0.39 is 76.6 Å². The zero-order chi connectivity index (χ0) is 40.1. The van der Waals surface area contributed by atoms with Crippen LogP contribution in [0.5, 0.6) is 0 Å². The lowest BCUT2D eigenvalue weighted by molar-refractivity contribution is -0.127. The topological polar surface area (TPSA) is 251 Å². The summed E-state index contributed by atoms with van der Waals surface area (Å²) in [5.41, 5.74) is 2.93. The van der Waals surface area contributed by atoms with Crippen LogP contribution in [-0.4, -0.2) is 61.4 Å². The van der Waals surface area contributed by atoms with E-state index in [0.717, 1.165) is 60.4 Å². The molecular formula is C36H36N6O10S2. The number of hydrogen-bond acceptors (Lipinski definition) is 12. The number of anilines is 2. The molecule has 2 atom stereocenters. The van der Waals surface area contributed by atoms with Crippen LogP contribution < -0.4 is 10.6 Å². The standard InChI is InChI=1S/C36H36N6O10S2/c1-19-7-13-29(21(3)15-19)37-35(45)33(23(5)43)41-39-25-9-11-27(31(17-25)53(47,48)49)28-12-10-26(18-32(28)54(50,51)52)40-42-34(24(6)44)36(46)38-30-14-8-20(2)16-22(30)4/h7-18,33-34H,1-6H3,(H,37,45)(H,38,46)(H,47,48,49)(H,50,51,52)/t33-,34-/m1/s1. The van der Waals surface area contributed by atoms with Crippen molar-refractivity contribution in [3.63, 3.8) is 0 Å². The molecule has 0 spiro atoms. The molecule has 16 nitrogen and oxygen atoms in total. The van der Waals surface area contributed by atoms with Crippen LogP contribution in [0.2, 0.25) is 0 Å². The van der Waals surface area contributed by atoms with Crippen LogP contribution >= 0.6 is 0 Å². The van der Waals surface area contributed by atoms with Gasteiger partial charge >= 0.3 is 0 Å². The first-order valence-electron chi connectivity index (χ1n) is 16.0. The number of ketones is 2. The van der Waals surface area contributed by atoms with Crippen molar-refractivity contribution in [2.75, 3.05) is 10.6 Å². The van der Waals surface area contributed by atoms with E-state index in [0.29, 0.717) is 11.4 Å². The number of nitrogens with zero attached hydrogens (tertiary/aromatic N) is 4. The molecular weight excluding hydrogens is 741 g/mol. The predicted octanol–water partition coefficient (Wildman–Crippen LogP) is 6.44. The second kappa shape index (κ2) is 16.5. The summed E-state index contributed by atoms with van der Waals surface area (Å²) in [6.07, 6.45) is 0. The van der Waals surface area contributed by atoms with Crippen LogP contribution in [0.25, 0.3) is 11.1 Å². The molecule has 0 unspecified atom stereocenters. The third-order valence-corrected chi connectivity index (χ3v) is 9.69. The molecule has 18 heteroatoms. The van der Waals surface area contributed by atoms with E-state index in [-0.39, 0.29) is 11.4 Å². The third kappa shape index (κ3) is 10.2. The first kappa shape index (κ1) is 40.9. The SMILES string of the molecule is CC(=O)[C@@H](N=Nc1ccc(-c2ccc(N=N[C@H](C(C)=O)C(=O)Nc3ccc(C)cc3C)cc2S(=O)(=O)O)c(S(=O)(=O)O)c1)C(=O)Nc1ccc(C)cc1C. The minimum absolute atomic E-state index is 0.245. The summed E-state index contributed by atoms with van der Waals surface area (Å²) in [5, 5.41) is 20.5. The Morgan fingerprint density at radius 2 is 0.907 bits per heavy atom. The molecule has 0 aliphatic heterocycles. The number of nitrogens with one attached hydrogen (secondary N) is 2. The summed E-state index contributed by atoms with van der Waals surface area (Å²) in [4.78, 5) is 48.8. The van der Waals surface area contributed by atoms with Crippen LogP contribution in [-0.2, 0) is 39.4 Å². The minimum Gasteiger partial charge on any atom is -0.324 e. The minimum atomic E-state index is -5.12. The van der Waals surface area contributed by atoms with E-state index in [1.54, 1.807) is 38.1 Å². The number of aryl methyl sites for hydroxylation is 4. The molecule has 4 N–H and O–H groups in total. The fraction of sp³-hybridized carbons (Fsp3) is 0.222. The van der Waals surface area contributed by atoms with E-state index in [4.69, 9.17) is 0 Å². The molecule has 0 saturated carbocycles. The molecule has 0 fully saturated rings. The van der Waals surface area contributed by atoms with E-state index in [9.17, 15) is 45.1 Å². The van der Waals surface area contributed by atoms with Gasteiger partial charge < -0.3 is 10.6 Å². The number of rotatable bonds is 13. The normalized spacial score (nSPS) is 13.1. The Morgan fingerprint density at radius 3 is 1.20 bits per heavy atom. The molecule has 54 heavy (non-hydrogen) atoms. The fourth-order valence-corrected chi connectivity index (χ4v) is 6.66. The van der Waals surface area contributed by atoms with Crippen LogP contribution in [0.15, 0.2) is 103 Å². The smallest absolute Gasteiger partial charge is 0.295 e. The van der Waals surface area contributed by atoms with Crippen LogP contribution in [0, 0.1) is 27.7 Å². The Balaban J connectivity index is 1.68. The first-order valence-corrected chi connectivity index (χ1v) is 18.9. The van der Waals surface area contributed by atoms with Crippen molar-refractivity contribution < 1.29 is 45.1 Å². The quantitative estimate of drug-likeness (QED) is 0.0657. The number of carbonyl (C=O) groups excluding carboxylic acids is 4. The largest absolute Gasteiger partial charge is 0.324 e. The van der Waals surface area contributed by atoms with Gasteiger partial charge in [0, 0.05) is 22.5 Å². The van der Waals surface area contributed by atoms with Gasteiger partial charge in [0.15, 0.2) is 11.6 Å². The first-order chi connectivity index (χ1) is 25.1. The van der Waals surface area contributed by atoms with Crippen LogP contribution in [0.4, 0.5) is 22.7 Å². The van der Waals surface area contributed by atoms with Crippen LogP contribution in [0.1, 0.15) is 36.1 Å². The highest BCUT2D eigenvalue weighted by molar-refractivity contribution is 7.86. The molecule has 282 valence electrons. The number of azo groups is 2. The summed E-state index contributed by atoms with van der Waals surface area (Å²) in [7, 11) is -10.2. The maximum absolute atomic E-state index is 12.9. The Labute approximate surface area is 311 Å². The van der Waals surface area contributed by atoms with Crippen molar-refractivity contribution in [3.8, 4) is 11.1 Å². The van der Waals surface area contributed by atoms with E-state index in [1.165, 1.54) is 12.1 Å². The number of benzene rings is 4. The predicted molar refractivity (Wildman–Crippen MR) is 199 cm³/mol. The molecule has 4 aromatic rings. The molecule has 4 rings (SSSR count). The lowest BCUT2D eigenvalue weighted by atomic mass is 10.0. The highest BCUT2D eigenvalue weighted by Crippen LogP contribution is 2.37. The van der Waals surface area contributed by atoms with Gasteiger partial charge in [-0.1, -0.05) is 47.5 Å². The lowest BCUT2D eigenvalue weighted by Crippen LogP contribution is -2.32. The molecule has 0 aliphatic carbocycles. The number of Topliss-reactive ketones (excluding diaryl/α,β-unsaturated/α-hetero) is 2. The van der Waals surface area contributed by atoms with Crippen molar-refractivity contribution in [2.24, 2.45) is 20.5 Å². The fourth-order valence-electron chi connectivity index (χ4n) is 5.21. The van der Waals surface area contributed by atoms with Crippen molar-refractivity contribution in [3.05, 3.63) is 95.1 Å². The average molecular weight is 777 g/mol. The summed E-state index contributed by atoms with van der Waals surface area (Å²) < 4.78 is 70.4. The summed E-state index contributed by atoms with van der Waals surface area (Å²) >= 11 is 0. The van der Waals surface area contributed by atoms with Gasteiger partial charge in [-0.3, -0.25) is 28.3 Å². The average Bonchev–Trinajstić information content (AvgIpc) is 3.06. The Morgan fingerprint density at radius 1 is 0.556 bits per heavy atom. The Bertz CT molecular complexity index is 2290. The zero-order valence-electron chi connectivity index (χ0n) is 29.8. The maximum atomic E-state index is 12.9. The van der Waals surface area contributed by atoms with Gasteiger partial charge in [-0.15, -0.1) is 0 Å². The molecule has 0 saturated heterocycles. The van der Waals surface area contributed by atoms with Gasteiger partial charge in [-0.25, -0.2) is 0 Å².